The lowest BCUT2D eigenvalue weighted by Gasteiger charge is -2.07. The van der Waals surface area contributed by atoms with Gasteiger partial charge in [-0.05, 0) is 12.2 Å². The molecular weight excluding hydrogens is 312 g/mol. The number of hydrogen-bond donors (Lipinski definition) is 1. The van der Waals surface area contributed by atoms with Crippen LogP contribution in [0.4, 0.5) is 0 Å². The summed E-state index contributed by atoms with van der Waals surface area (Å²) in [5.41, 5.74) is 0.224. The first-order valence-corrected chi connectivity index (χ1v) is 9.41. The molecule has 0 unspecified atom stereocenters. The lowest BCUT2D eigenvalue weighted by atomic mass is 10.1. The lowest BCUT2D eigenvalue weighted by molar-refractivity contribution is 0.544. The van der Waals surface area contributed by atoms with E-state index >= 15 is 0 Å². The molecular formula is C16H26N4O2S. The fourth-order valence-electron chi connectivity index (χ4n) is 2.71. The topological polar surface area (TPSA) is 72.7 Å². The fourth-order valence-corrected chi connectivity index (χ4v) is 3.46. The normalized spacial score (nSPS) is 11.4. The lowest BCUT2D eigenvalue weighted by Crippen LogP contribution is -2.29. The van der Waals surface area contributed by atoms with Crippen molar-refractivity contribution in [3.05, 3.63) is 20.8 Å². The van der Waals surface area contributed by atoms with Crippen LogP contribution < -0.4 is 11.2 Å². The van der Waals surface area contributed by atoms with Gasteiger partial charge >= 0.3 is 5.69 Å². The number of nitrogens with one attached hydrogen (secondary N) is 1. The first kappa shape index (κ1) is 17.8. The van der Waals surface area contributed by atoms with E-state index in [2.05, 4.69) is 23.8 Å². The van der Waals surface area contributed by atoms with Crippen molar-refractivity contribution >= 4 is 22.9 Å². The molecule has 128 valence electrons. The number of aromatic amines is 1. The van der Waals surface area contributed by atoms with Gasteiger partial charge in [0.05, 0.1) is 0 Å². The van der Waals surface area contributed by atoms with Gasteiger partial charge in [-0.25, -0.2) is 9.78 Å². The van der Waals surface area contributed by atoms with E-state index in [0.29, 0.717) is 11.2 Å². The van der Waals surface area contributed by atoms with Crippen LogP contribution in [0.2, 0.25) is 0 Å². The Morgan fingerprint density at radius 2 is 1.78 bits per heavy atom. The van der Waals surface area contributed by atoms with Crippen molar-refractivity contribution in [2.24, 2.45) is 7.05 Å². The van der Waals surface area contributed by atoms with Crippen molar-refractivity contribution in [2.45, 2.75) is 64.1 Å². The van der Waals surface area contributed by atoms with Gasteiger partial charge in [0.2, 0.25) is 0 Å². The predicted octanol–water partition coefficient (Wildman–Crippen LogP) is 2.90. The first-order chi connectivity index (χ1) is 11.1. The van der Waals surface area contributed by atoms with Crippen molar-refractivity contribution in [1.82, 2.24) is 19.1 Å². The number of thioether (sulfide) groups is 1. The molecule has 2 heterocycles. The molecule has 2 aromatic heterocycles. The van der Waals surface area contributed by atoms with E-state index in [4.69, 9.17) is 0 Å². The van der Waals surface area contributed by atoms with Gasteiger partial charge in [0.15, 0.2) is 16.3 Å². The number of imidazole rings is 1. The van der Waals surface area contributed by atoms with Crippen LogP contribution in [0.1, 0.15) is 52.4 Å². The van der Waals surface area contributed by atoms with Gasteiger partial charge in [0.1, 0.15) is 0 Å². The number of nitrogens with zero attached hydrogens (tertiary/aromatic N) is 3. The molecule has 0 bridgehead atoms. The van der Waals surface area contributed by atoms with Crippen molar-refractivity contribution in [3.63, 3.8) is 0 Å². The van der Waals surface area contributed by atoms with E-state index in [1.54, 1.807) is 18.8 Å². The zero-order valence-electron chi connectivity index (χ0n) is 14.2. The Balaban J connectivity index is 2.26. The Kier molecular flexibility index (Phi) is 6.50. The minimum absolute atomic E-state index is 0.343. The second-order valence-electron chi connectivity index (χ2n) is 5.74. The Hall–Kier alpha value is -1.50. The van der Waals surface area contributed by atoms with Gasteiger partial charge in [-0.1, -0.05) is 57.7 Å². The van der Waals surface area contributed by atoms with E-state index in [1.165, 1.54) is 30.3 Å². The molecule has 0 radical (unpaired) electrons. The summed E-state index contributed by atoms with van der Waals surface area (Å²) in [6.07, 6.45) is 7.20. The van der Waals surface area contributed by atoms with Crippen LogP contribution in [0.15, 0.2) is 14.7 Å². The highest BCUT2D eigenvalue weighted by atomic mass is 32.2. The van der Waals surface area contributed by atoms with E-state index < -0.39 is 5.69 Å². The third-order valence-electron chi connectivity index (χ3n) is 3.98. The van der Waals surface area contributed by atoms with Crippen LogP contribution in [0.5, 0.6) is 0 Å². The molecule has 2 rings (SSSR count). The van der Waals surface area contributed by atoms with Crippen LogP contribution in [0.3, 0.4) is 0 Å². The molecule has 0 saturated heterocycles. The zero-order valence-corrected chi connectivity index (χ0v) is 15.0. The van der Waals surface area contributed by atoms with Gasteiger partial charge in [0, 0.05) is 13.6 Å². The highest BCUT2D eigenvalue weighted by Crippen LogP contribution is 2.22. The summed E-state index contributed by atoms with van der Waals surface area (Å²) in [4.78, 5) is 30.9. The fraction of sp³-hybridized carbons (Fsp3) is 0.688. The molecule has 6 nitrogen and oxygen atoms in total. The Morgan fingerprint density at radius 1 is 1.09 bits per heavy atom. The van der Waals surface area contributed by atoms with Crippen LogP contribution >= 0.6 is 11.8 Å². The van der Waals surface area contributed by atoms with Crippen molar-refractivity contribution in [2.75, 3.05) is 5.75 Å². The molecule has 0 saturated carbocycles. The summed E-state index contributed by atoms with van der Waals surface area (Å²) in [7, 11) is 1.64. The first-order valence-electron chi connectivity index (χ1n) is 8.42. The van der Waals surface area contributed by atoms with E-state index in [9.17, 15) is 9.59 Å². The van der Waals surface area contributed by atoms with Crippen molar-refractivity contribution in [3.8, 4) is 0 Å². The second kappa shape index (κ2) is 8.38. The number of hydrogen-bond acceptors (Lipinski definition) is 4. The van der Waals surface area contributed by atoms with Crippen LogP contribution in [-0.2, 0) is 13.6 Å². The van der Waals surface area contributed by atoms with Gasteiger partial charge in [-0.3, -0.25) is 14.3 Å². The van der Waals surface area contributed by atoms with Gasteiger partial charge < -0.3 is 4.57 Å². The van der Waals surface area contributed by atoms with Crippen LogP contribution in [0, 0.1) is 0 Å². The minimum atomic E-state index is -0.417. The van der Waals surface area contributed by atoms with E-state index in [0.717, 1.165) is 30.3 Å². The summed E-state index contributed by atoms with van der Waals surface area (Å²) in [5.74, 6) is 0.881. The summed E-state index contributed by atoms with van der Waals surface area (Å²) >= 11 is 1.61. The van der Waals surface area contributed by atoms with Crippen LogP contribution in [-0.4, -0.2) is 24.9 Å². The molecule has 7 heteroatoms. The third-order valence-corrected chi connectivity index (χ3v) is 4.84. The van der Waals surface area contributed by atoms with Gasteiger partial charge in [-0.2, -0.15) is 0 Å². The summed E-state index contributed by atoms with van der Waals surface area (Å²) in [5, 5.41) is 0.822. The molecule has 0 fully saturated rings. The van der Waals surface area contributed by atoms with Gasteiger partial charge in [0.25, 0.3) is 5.56 Å². The highest BCUT2D eigenvalue weighted by Gasteiger charge is 2.16. The largest absolute Gasteiger partial charge is 0.329 e. The minimum Gasteiger partial charge on any atom is -0.313 e. The van der Waals surface area contributed by atoms with Crippen molar-refractivity contribution in [1.29, 1.82) is 0 Å². The number of aryl methyl sites for hydroxylation is 2. The predicted molar refractivity (Wildman–Crippen MR) is 95.4 cm³/mol. The number of unbranched alkanes of at least 4 members (excludes halogenated alkanes) is 5. The maximum absolute atomic E-state index is 12.2. The van der Waals surface area contributed by atoms with E-state index in [1.807, 2.05) is 4.57 Å². The molecule has 0 aliphatic heterocycles. The second-order valence-corrected chi connectivity index (χ2v) is 6.97. The molecule has 0 spiro atoms. The standard InChI is InChI=1S/C16H26N4O2S/c1-4-6-7-8-9-10-11-20-12-13(17-16(20)23-5-2)19(3)15(22)18-14(12)21/h4-11H2,1-3H3,(H,18,21,22). The number of fused-ring (bicyclic) bond motifs is 1. The van der Waals surface area contributed by atoms with Crippen LogP contribution in [0.25, 0.3) is 11.2 Å². The molecule has 1 N–H and O–H groups in total. The molecule has 2 aromatic rings. The zero-order chi connectivity index (χ0) is 16.8. The maximum atomic E-state index is 12.2. The molecule has 0 amide bonds. The molecule has 0 aliphatic carbocycles. The smallest absolute Gasteiger partial charge is 0.313 e. The summed E-state index contributed by atoms with van der Waals surface area (Å²) < 4.78 is 3.38. The number of aromatic nitrogens is 4. The Bertz CT molecular complexity index is 760. The number of rotatable bonds is 9. The quantitative estimate of drug-likeness (QED) is 0.563. The van der Waals surface area contributed by atoms with E-state index in [-0.39, 0.29) is 5.56 Å². The molecule has 0 atom stereocenters. The monoisotopic (exact) mass is 338 g/mol. The molecule has 0 aliphatic rings. The van der Waals surface area contributed by atoms with Crippen molar-refractivity contribution < 1.29 is 0 Å². The highest BCUT2D eigenvalue weighted by molar-refractivity contribution is 7.99. The number of H-pyrrole nitrogens is 1. The Morgan fingerprint density at radius 3 is 2.48 bits per heavy atom. The Labute approximate surface area is 140 Å². The summed E-state index contributed by atoms with van der Waals surface area (Å²) in [6, 6.07) is 0. The maximum Gasteiger partial charge on any atom is 0.329 e. The molecule has 0 aromatic carbocycles. The molecule has 23 heavy (non-hydrogen) atoms. The van der Waals surface area contributed by atoms with Gasteiger partial charge in [-0.15, -0.1) is 0 Å². The average Bonchev–Trinajstić information content (AvgIpc) is 2.88. The summed E-state index contributed by atoms with van der Waals surface area (Å²) in [6.45, 7) is 5.04. The average molecular weight is 338 g/mol. The SMILES string of the molecule is CCCCCCCCn1c(SCC)nc2c1c(=O)[nH]c(=O)n2C. The third kappa shape index (κ3) is 4.07.